The molecule has 0 unspecified atom stereocenters. The van der Waals surface area contributed by atoms with Crippen LogP contribution in [0.4, 0.5) is 5.69 Å². The van der Waals surface area contributed by atoms with Crippen LogP contribution in [0.3, 0.4) is 0 Å². The smallest absolute Gasteiger partial charge is 0.303 e. The Morgan fingerprint density at radius 2 is 1.60 bits per heavy atom. The molecule has 0 atom stereocenters. The molecule has 25 heavy (non-hydrogen) atoms. The van der Waals surface area contributed by atoms with Crippen molar-refractivity contribution in [2.24, 2.45) is 0 Å². The van der Waals surface area contributed by atoms with E-state index < -0.39 is 5.97 Å². The fraction of sp³-hybridized carbons (Fsp3) is 0.263. The second-order valence-electron chi connectivity index (χ2n) is 5.44. The molecule has 0 aromatic heterocycles. The summed E-state index contributed by atoms with van der Waals surface area (Å²) in [7, 11) is 2.99. The zero-order chi connectivity index (χ0) is 18.2. The lowest BCUT2D eigenvalue weighted by molar-refractivity contribution is -0.137. The zero-order valence-electron chi connectivity index (χ0n) is 14.2. The number of anilines is 1. The quantitative estimate of drug-likeness (QED) is 0.768. The molecule has 0 saturated carbocycles. The molecule has 0 aliphatic carbocycles. The predicted octanol–water partition coefficient (Wildman–Crippen LogP) is 3.36. The number of carboxylic acids is 1. The summed E-state index contributed by atoms with van der Waals surface area (Å²) in [5.74, 6) is -0.258. The van der Waals surface area contributed by atoms with Gasteiger partial charge in [0.1, 0.15) is 17.1 Å². The Bertz CT molecular complexity index is 718. The van der Waals surface area contributed by atoms with E-state index in [0.717, 1.165) is 5.56 Å². The fourth-order valence-electron chi connectivity index (χ4n) is 2.47. The second kappa shape index (κ2) is 8.73. The molecule has 2 N–H and O–H groups in total. The molecule has 132 valence electrons. The number of nitrogens with one attached hydrogen (secondary N) is 1. The van der Waals surface area contributed by atoms with Gasteiger partial charge in [0.2, 0.25) is 0 Å². The third-order valence-electron chi connectivity index (χ3n) is 3.72. The summed E-state index contributed by atoms with van der Waals surface area (Å²) in [6.45, 7) is 0. The molecule has 2 rings (SSSR count). The molecule has 2 aromatic rings. The van der Waals surface area contributed by atoms with Gasteiger partial charge in [-0.3, -0.25) is 9.59 Å². The second-order valence-corrected chi connectivity index (χ2v) is 5.44. The number of ether oxygens (including phenoxy) is 2. The summed E-state index contributed by atoms with van der Waals surface area (Å²) in [6, 6.07) is 12.5. The highest BCUT2D eigenvalue weighted by Gasteiger charge is 2.18. The number of hydrogen-bond acceptors (Lipinski definition) is 4. The minimum Gasteiger partial charge on any atom is -0.496 e. The van der Waals surface area contributed by atoms with E-state index in [2.05, 4.69) is 5.32 Å². The number of carbonyl (C=O) groups is 2. The maximum absolute atomic E-state index is 12.6. The van der Waals surface area contributed by atoms with E-state index >= 15 is 0 Å². The maximum atomic E-state index is 12.6. The Hall–Kier alpha value is -3.02. The van der Waals surface area contributed by atoms with Crippen LogP contribution in [0.2, 0.25) is 0 Å². The third-order valence-corrected chi connectivity index (χ3v) is 3.72. The molecule has 0 spiro atoms. The molecular weight excluding hydrogens is 322 g/mol. The van der Waals surface area contributed by atoms with Gasteiger partial charge in [-0.05, 0) is 42.7 Å². The molecule has 2 aromatic carbocycles. The summed E-state index contributed by atoms with van der Waals surface area (Å²) in [5.41, 5.74) is 1.99. The van der Waals surface area contributed by atoms with Crippen LogP contribution in [0, 0.1) is 0 Å². The fourth-order valence-corrected chi connectivity index (χ4v) is 2.47. The molecule has 6 heteroatoms. The Morgan fingerprint density at radius 3 is 2.12 bits per heavy atom. The van der Waals surface area contributed by atoms with Crippen LogP contribution >= 0.6 is 0 Å². The third kappa shape index (κ3) is 4.97. The first kappa shape index (κ1) is 18.3. The van der Waals surface area contributed by atoms with Gasteiger partial charge in [-0.2, -0.15) is 0 Å². The number of aliphatic carboxylic acids is 1. The summed E-state index contributed by atoms with van der Waals surface area (Å²) in [4.78, 5) is 23.1. The Morgan fingerprint density at radius 1 is 1.00 bits per heavy atom. The van der Waals surface area contributed by atoms with Gasteiger partial charge in [-0.25, -0.2) is 0 Å². The van der Waals surface area contributed by atoms with E-state index in [-0.39, 0.29) is 12.3 Å². The minimum atomic E-state index is -0.797. The number of carbonyl (C=O) groups excluding carboxylic acids is 1. The van der Waals surface area contributed by atoms with Crippen molar-refractivity contribution < 1.29 is 24.2 Å². The molecule has 0 aliphatic heterocycles. The van der Waals surface area contributed by atoms with Gasteiger partial charge >= 0.3 is 5.97 Å². The summed E-state index contributed by atoms with van der Waals surface area (Å²) in [5, 5.41) is 11.5. The maximum Gasteiger partial charge on any atom is 0.303 e. The van der Waals surface area contributed by atoms with Crippen molar-refractivity contribution in [1.29, 1.82) is 0 Å². The topological polar surface area (TPSA) is 84.9 Å². The van der Waals surface area contributed by atoms with Crippen molar-refractivity contribution in [3.05, 3.63) is 53.6 Å². The molecule has 0 fully saturated rings. The van der Waals surface area contributed by atoms with Gasteiger partial charge in [-0.1, -0.05) is 18.2 Å². The first-order valence-electron chi connectivity index (χ1n) is 7.88. The van der Waals surface area contributed by atoms with E-state index in [4.69, 9.17) is 14.6 Å². The van der Waals surface area contributed by atoms with E-state index in [0.29, 0.717) is 35.6 Å². The van der Waals surface area contributed by atoms with Crippen LogP contribution in [-0.2, 0) is 11.2 Å². The van der Waals surface area contributed by atoms with Crippen LogP contribution in [-0.4, -0.2) is 31.2 Å². The van der Waals surface area contributed by atoms with Crippen LogP contribution in [0.15, 0.2) is 42.5 Å². The highest BCUT2D eigenvalue weighted by molar-refractivity contribution is 6.08. The highest BCUT2D eigenvalue weighted by atomic mass is 16.5. The first-order valence-corrected chi connectivity index (χ1v) is 7.88. The number of rotatable bonds is 8. The van der Waals surface area contributed by atoms with Gasteiger partial charge in [0, 0.05) is 12.1 Å². The van der Waals surface area contributed by atoms with Crippen molar-refractivity contribution >= 4 is 17.6 Å². The van der Waals surface area contributed by atoms with Crippen LogP contribution < -0.4 is 14.8 Å². The molecule has 0 radical (unpaired) electrons. The summed E-state index contributed by atoms with van der Waals surface area (Å²) >= 11 is 0. The lowest BCUT2D eigenvalue weighted by Gasteiger charge is -2.13. The average Bonchev–Trinajstić information content (AvgIpc) is 2.62. The lowest BCUT2D eigenvalue weighted by Crippen LogP contribution is -2.14. The van der Waals surface area contributed by atoms with Crippen molar-refractivity contribution in [3.8, 4) is 11.5 Å². The monoisotopic (exact) mass is 343 g/mol. The van der Waals surface area contributed by atoms with Gasteiger partial charge in [0.25, 0.3) is 5.91 Å². The average molecular weight is 343 g/mol. The van der Waals surface area contributed by atoms with E-state index in [9.17, 15) is 9.59 Å². The van der Waals surface area contributed by atoms with Crippen molar-refractivity contribution in [1.82, 2.24) is 0 Å². The van der Waals surface area contributed by atoms with E-state index in [1.807, 2.05) is 12.1 Å². The number of aryl methyl sites for hydroxylation is 1. The molecule has 0 heterocycles. The zero-order valence-corrected chi connectivity index (χ0v) is 14.2. The van der Waals surface area contributed by atoms with Gasteiger partial charge < -0.3 is 19.9 Å². The molecule has 0 saturated heterocycles. The van der Waals surface area contributed by atoms with E-state index in [1.165, 1.54) is 14.2 Å². The van der Waals surface area contributed by atoms with Crippen molar-refractivity contribution in [2.75, 3.05) is 19.5 Å². The summed E-state index contributed by atoms with van der Waals surface area (Å²) < 4.78 is 10.5. The van der Waals surface area contributed by atoms with Crippen molar-refractivity contribution in [3.63, 3.8) is 0 Å². The normalized spacial score (nSPS) is 10.2. The molecule has 6 nitrogen and oxygen atoms in total. The molecule has 0 bridgehead atoms. The molecule has 0 aliphatic rings. The minimum absolute atomic E-state index is 0.145. The van der Waals surface area contributed by atoms with Crippen LogP contribution in [0.1, 0.15) is 28.8 Å². The van der Waals surface area contributed by atoms with Gasteiger partial charge in [-0.15, -0.1) is 0 Å². The Labute approximate surface area is 146 Å². The lowest BCUT2D eigenvalue weighted by atomic mass is 10.1. The number of methoxy groups -OCH3 is 2. The number of benzene rings is 2. The molecule has 1 amide bonds. The van der Waals surface area contributed by atoms with Crippen LogP contribution in [0.5, 0.6) is 11.5 Å². The van der Waals surface area contributed by atoms with Crippen LogP contribution in [0.25, 0.3) is 0 Å². The number of carboxylic acid groups (broad SMARTS) is 1. The van der Waals surface area contributed by atoms with Gasteiger partial charge in [0.05, 0.1) is 14.2 Å². The van der Waals surface area contributed by atoms with Crippen molar-refractivity contribution in [2.45, 2.75) is 19.3 Å². The Kier molecular flexibility index (Phi) is 6.39. The number of hydrogen-bond donors (Lipinski definition) is 2. The van der Waals surface area contributed by atoms with Gasteiger partial charge in [0.15, 0.2) is 0 Å². The largest absolute Gasteiger partial charge is 0.496 e. The summed E-state index contributed by atoms with van der Waals surface area (Å²) in [6.07, 6.45) is 1.41. The predicted molar refractivity (Wildman–Crippen MR) is 94.5 cm³/mol. The highest BCUT2D eigenvalue weighted by Crippen LogP contribution is 2.29. The Balaban J connectivity index is 2.07. The standard InChI is InChI=1S/C19H21NO5/c1-24-15-6-4-7-16(25-2)18(15)19(23)20-14-11-9-13(10-12-14)5-3-8-17(21)22/h4,6-7,9-12H,3,5,8H2,1-2H3,(H,20,23)(H,21,22). The SMILES string of the molecule is COc1cccc(OC)c1C(=O)Nc1ccc(CCCC(=O)O)cc1. The number of amides is 1. The van der Waals surface area contributed by atoms with E-state index in [1.54, 1.807) is 30.3 Å². The molecular formula is C19H21NO5. The first-order chi connectivity index (χ1) is 12.0.